The molecule has 1 saturated heterocycles. The molecule has 0 bridgehead atoms. The van der Waals surface area contributed by atoms with Crippen LogP contribution in [-0.4, -0.2) is 74.1 Å². The first-order chi connectivity index (χ1) is 18.2. The van der Waals surface area contributed by atoms with Crippen molar-refractivity contribution in [2.45, 2.75) is 39.7 Å². The summed E-state index contributed by atoms with van der Waals surface area (Å²) in [6.07, 6.45) is 1.92. The fourth-order valence-electron chi connectivity index (χ4n) is 4.19. The molecular weight excluding hydrogens is 484 g/mol. The number of benzene rings is 2. The molecule has 1 atom stereocenters. The number of Topliss-reactive ketones (excluding diaryl/α,β-unsaturated/α-hetero) is 1. The molecule has 0 spiro atoms. The number of hydrogen-bond donors (Lipinski definition) is 1. The second kappa shape index (κ2) is 13.3. The molecule has 8 heteroatoms. The van der Waals surface area contributed by atoms with Crippen LogP contribution in [0.1, 0.15) is 50.8 Å². The zero-order valence-electron chi connectivity index (χ0n) is 23.3. The van der Waals surface area contributed by atoms with Crippen LogP contribution in [-0.2, 0) is 9.59 Å². The first-order valence-corrected chi connectivity index (χ1v) is 13.1. The third-order valence-electron chi connectivity index (χ3n) is 6.30. The van der Waals surface area contributed by atoms with Crippen LogP contribution in [0, 0.1) is 5.92 Å². The molecule has 0 aromatic heterocycles. The highest BCUT2D eigenvalue weighted by molar-refractivity contribution is 6.46. The van der Waals surface area contributed by atoms with Gasteiger partial charge >= 0.3 is 0 Å². The third kappa shape index (κ3) is 6.86. The summed E-state index contributed by atoms with van der Waals surface area (Å²) in [6.45, 7) is 8.22. The van der Waals surface area contributed by atoms with Crippen LogP contribution in [0.25, 0.3) is 5.76 Å². The van der Waals surface area contributed by atoms with Gasteiger partial charge in [0, 0.05) is 18.7 Å². The van der Waals surface area contributed by atoms with Gasteiger partial charge in [0.15, 0.2) is 11.5 Å². The first-order valence-electron chi connectivity index (χ1n) is 13.1. The Morgan fingerprint density at radius 1 is 1.05 bits per heavy atom. The number of aliphatic hydroxyl groups excluding tert-OH is 1. The van der Waals surface area contributed by atoms with E-state index in [1.165, 1.54) is 4.90 Å². The molecule has 1 aliphatic heterocycles. The van der Waals surface area contributed by atoms with Gasteiger partial charge in [-0.05, 0) is 68.4 Å². The largest absolute Gasteiger partial charge is 0.507 e. The van der Waals surface area contributed by atoms with Crippen LogP contribution in [0.15, 0.2) is 48.0 Å². The van der Waals surface area contributed by atoms with Crippen LogP contribution in [0.4, 0.5) is 0 Å². The number of methoxy groups -OCH3 is 1. The van der Waals surface area contributed by atoms with Gasteiger partial charge in [-0.1, -0.05) is 33.3 Å². The Hall–Kier alpha value is -3.52. The molecule has 1 N–H and O–H groups in total. The van der Waals surface area contributed by atoms with Gasteiger partial charge in [-0.3, -0.25) is 9.59 Å². The van der Waals surface area contributed by atoms with E-state index in [1.807, 2.05) is 25.1 Å². The molecule has 2 aromatic rings. The van der Waals surface area contributed by atoms with Gasteiger partial charge in [-0.25, -0.2) is 0 Å². The number of aliphatic hydroxyl groups is 1. The van der Waals surface area contributed by atoms with Gasteiger partial charge in [-0.15, -0.1) is 0 Å². The van der Waals surface area contributed by atoms with Gasteiger partial charge in [0.2, 0.25) is 0 Å². The van der Waals surface area contributed by atoms with Gasteiger partial charge < -0.3 is 29.1 Å². The van der Waals surface area contributed by atoms with E-state index in [2.05, 4.69) is 20.8 Å². The van der Waals surface area contributed by atoms with E-state index in [9.17, 15) is 14.7 Å². The molecule has 0 aliphatic carbocycles. The summed E-state index contributed by atoms with van der Waals surface area (Å²) >= 11 is 0. The molecule has 1 heterocycles. The molecular formula is C30H40N2O6. The minimum absolute atomic E-state index is 0.0475. The van der Waals surface area contributed by atoms with Crippen molar-refractivity contribution < 1.29 is 28.9 Å². The van der Waals surface area contributed by atoms with E-state index in [0.29, 0.717) is 60.6 Å². The smallest absolute Gasteiger partial charge is 0.295 e. The lowest BCUT2D eigenvalue weighted by Gasteiger charge is -2.27. The van der Waals surface area contributed by atoms with Crippen molar-refractivity contribution in [3.63, 3.8) is 0 Å². The first kappa shape index (κ1) is 29.0. The van der Waals surface area contributed by atoms with E-state index in [1.54, 1.807) is 43.5 Å². The zero-order chi connectivity index (χ0) is 27.8. The molecule has 3 rings (SSSR count). The second-order valence-corrected chi connectivity index (χ2v) is 10.1. The number of hydrogen-bond acceptors (Lipinski definition) is 7. The van der Waals surface area contributed by atoms with Crippen LogP contribution >= 0.6 is 0 Å². The standard InChI is InChI=1S/C30H40N2O6/c1-7-8-17-37-24-14-11-22(18-25(24)36-6)27-26(29(34)30(35)32(27)16-15-31(4)5)28(33)21-9-12-23(13-10-21)38-19-20(2)3/h9-14,18,20,27,33H,7-8,15-17,19H2,1-6H3. The second-order valence-electron chi connectivity index (χ2n) is 10.1. The summed E-state index contributed by atoms with van der Waals surface area (Å²) in [5, 5.41) is 11.3. The number of ether oxygens (including phenoxy) is 3. The topological polar surface area (TPSA) is 88.5 Å². The lowest BCUT2D eigenvalue weighted by molar-refractivity contribution is -0.140. The SMILES string of the molecule is CCCCOc1ccc(C2C(=C(O)c3ccc(OCC(C)C)cc3)C(=O)C(=O)N2CCN(C)C)cc1OC. The minimum atomic E-state index is -0.773. The molecule has 1 aliphatic rings. The lowest BCUT2D eigenvalue weighted by Crippen LogP contribution is -2.35. The van der Waals surface area contributed by atoms with E-state index in [-0.39, 0.29) is 11.3 Å². The number of ketones is 1. The average Bonchev–Trinajstić information content (AvgIpc) is 3.15. The Labute approximate surface area is 225 Å². The van der Waals surface area contributed by atoms with Crippen molar-refractivity contribution >= 4 is 17.4 Å². The number of rotatable bonds is 13. The molecule has 1 unspecified atom stereocenters. The highest BCUT2D eigenvalue weighted by Crippen LogP contribution is 2.42. The summed E-state index contributed by atoms with van der Waals surface area (Å²) in [5.74, 6) is 0.558. The van der Waals surface area contributed by atoms with Crippen molar-refractivity contribution in [2.24, 2.45) is 5.92 Å². The molecule has 1 amide bonds. The van der Waals surface area contributed by atoms with Gasteiger partial charge in [0.05, 0.1) is 31.9 Å². The molecule has 206 valence electrons. The van der Waals surface area contributed by atoms with Gasteiger partial charge in [0.1, 0.15) is 11.5 Å². The molecule has 0 saturated carbocycles. The summed E-state index contributed by atoms with van der Waals surface area (Å²) in [7, 11) is 5.36. The summed E-state index contributed by atoms with van der Waals surface area (Å²) < 4.78 is 17.2. The predicted molar refractivity (Wildman–Crippen MR) is 148 cm³/mol. The number of likely N-dealkylation sites (tertiary alicyclic amines) is 1. The quantitative estimate of drug-likeness (QED) is 0.173. The van der Waals surface area contributed by atoms with E-state index in [4.69, 9.17) is 14.2 Å². The zero-order valence-corrected chi connectivity index (χ0v) is 23.3. The Balaban J connectivity index is 2.05. The number of unbranched alkanes of at least 4 members (excludes halogenated alkanes) is 1. The van der Waals surface area contributed by atoms with Crippen molar-refractivity contribution in [2.75, 3.05) is 47.5 Å². The van der Waals surface area contributed by atoms with Crippen molar-refractivity contribution in [3.05, 3.63) is 59.2 Å². The Morgan fingerprint density at radius 2 is 1.76 bits per heavy atom. The summed E-state index contributed by atoms with van der Waals surface area (Å²) in [4.78, 5) is 29.9. The monoisotopic (exact) mass is 524 g/mol. The molecule has 38 heavy (non-hydrogen) atoms. The Kier molecular flexibility index (Phi) is 10.2. The van der Waals surface area contributed by atoms with Crippen LogP contribution in [0.5, 0.6) is 17.2 Å². The van der Waals surface area contributed by atoms with E-state index < -0.39 is 17.7 Å². The van der Waals surface area contributed by atoms with Crippen LogP contribution < -0.4 is 14.2 Å². The fourth-order valence-corrected chi connectivity index (χ4v) is 4.19. The van der Waals surface area contributed by atoms with Gasteiger partial charge in [-0.2, -0.15) is 0 Å². The van der Waals surface area contributed by atoms with Crippen LogP contribution in [0.2, 0.25) is 0 Å². The number of amides is 1. The average molecular weight is 525 g/mol. The van der Waals surface area contributed by atoms with E-state index >= 15 is 0 Å². The maximum absolute atomic E-state index is 13.3. The number of likely N-dealkylation sites (N-methyl/N-ethyl adjacent to an activating group) is 1. The van der Waals surface area contributed by atoms with Crippen molar-refractivity contribution in [1.82, 2.24) is 9.80 Å². The lowest BCUT2D eigenvalue weighted by atomic mass is 9.95. The number of carbonyl (C=O) groups excluding carboxylic acids is 2. The molecule has 8 nitrogen and oxygen atoms in total. The minimum Gasteiger partial charge on any atom is -0.507 e. The summed E-state index contributed by atoms with van der Waals surface area (Å²) in [5.41, 5.74) is 1.14. The maximum Gasteiger partial charge on any atom is 0.295 e. The highest BCUT2D eigenvalue weighted by atomic mass is 16.5. The Morgan fingerprint density at radius 3 is 2.37 bits per heavy atom. The number of carbonyl (C=O) groups is 2. The predicted octanol–water partition coefficient (Wildman–Crippen LogP) is 4.89. The van der Waals surface area contributed by atoms with Gasteiger partial charge in [0.25, 0.3) is 11.7 Å². The van der Waals surface area contributed by atoms with Crippen molar-refractivity contribution in [1.29, 1.82) is 0 Å². The normalized spacial score (nSPS) is 16.9. The van der Waals surface area contributed by atoms with Crippen LogP contribution in [0.3, 0.4) is 0 Å². The third-order valence-corrected chi connectivity index (χ3v) is 6.30. The summed E-state index contributed by atoms with van der Waals surface area (Å²) in [6, 6.07) is 11.5. The van der Waals surface area contributed by atoms with Crippen molar-refractivity contribution in [3.8, 4) is 17.2 Å². The highest BCUT2D eigenvalue weighted by Gasteiger charge is 2.46. The molecule has 2 aromatic carbocycles. The maximum atomic E-state index is 13.3. The van der Waals surface area contributed by atoms with E-state index in [0.717, 1.165) is 12.8 Å². The molecule has 0 radical (unpaired) electrons. The molecule has 1 fully saturated rings. The fraction of sp³-hybridized carbons (Fsp3) is 0.467. The Bertz CT molecular complexity index is 1140. The number of nitrogens with zero attached hydrogens (tertiary/aromatic N) is 2.